The molecule has 2 aromatic carbocycles. The highest BCUT2D eigenvalue weighted by molar-refractivity contribution is 8.03. The van der Waals surface area contributed by atoms with E-state index in [9.17, 15) is 0 Å². The number of benzene rings is 2. The van der Waals surface area contributed by atoms with Crippen molar-refractivity contribution in [1.29, 1.82) is 0 Å². The lowest BCUT2D eigenvalue weighted by molar-refractivity contribution is -0.671. The molecule has 1 unspecified atom stereocenters. The maximum atomic E-state index is 2.59. The molecule has 4 aromatic rings. The first-order valence-electron chi connectivity index (χ1n) is 14.0. The summed E-state index contributed by atoms with van der Waals surface area (Å²) in [6.07, 6.45) is 17.4. The first kappa shape index (κ1) is 23.3. The van der Waals surface area contributed by atoms with E-state index in [-0.39, 0.29) is 0 Å². The number of aromatic nitrogens is 1. The summed E-state index contributed by atoms with van der Waals surface area (Å²) in [6.45, 7) is 4.44. The zero-order chi connectivity index (χ0) is 25.2. The molecule has 2 aliphatic carbocycles. The molecule has 5 heteroatoms. The van der Waals surface area contributed by atoms with Crippen molar-refractivity contribution in [3.05, 3.63) is 92.3 Å². The maximum Gasteiger partial charge on any atom is 0.263 e. The van der Waals surface area contributed by atoms with Gasteiger partial charge in [0.25, 0.3) is 5.01 Å². The Hall–Kier alpha value is -2.60. The van der Waals surface area contributed by atoms with Crippen molar-refractivity contribution in [2.24, 2.45) is 5.92 Å². The van der Waals surface area contributed by atoms with Crippen LogP contribution in [-0.2, 0) is 13.0 Å². The van der Waals surface area contributed by atoms with Crippen molar-refractivity contribution < 1.29 is 4.57 Å². The molecule has 2 nitrogen and oxygen atoms in total. The van der Waals surface area contributed by atoms with Gasteiger partial charge in [-0.25, -0.2) is 0 Å². The molecule has 8 rings (SSSR count). The van der Waals surface area contributed by atoms with E-state index < -0.39 is 0 Å². The van der Waals surface area contributed by atoms with E-state index in [0.29, 0.717) is 0 Å². The molecule has 0 N–H and O–H groups in total. The smallest absolute Gasteiger partial charge is 0.263 e. The molecule has 0 radical (unpaired) electrons. The van der Waals surface area contributed by atoms with Gasteiger partial charge in [-0.15, -0.1) is 11.3 Å². The number of thiazole rings is 1. The van der Waals surface area contributed by atoms with E-state index in [0.717, 1.165) is 19.0 Å². The normalized spacial score (nSPS) is 22.8. The summed E-state index contributed by atoms with van der Waals surface area (Å²) in [4.78, 5) is 3.93. The molecular formula is C33H31N2S3+. The zero-order valence-electron chi connectivity index (χ0n) is 21.7. The lowest BCUT2D eigenvalue weighted by atomic mass is 9.77. The SMILES string of the molecule is CCN1/C(=C/C2=CC3=C/C(=C/c4sc5cccc6c5[n+]4CCC6)CCC3CC2)Sc2ccc3sccc3c21. The fourth-order valence-corrected chi connectivity index (χ4v) is 10.0. The Kier molecular flexibility index (Phi) is 5.67. The minimum absolute atomic E-state index is 0.718. The summed E-state index contributed by atoms with van der Waals surface area (Å²) in [5, 5.41) is 6.44. The minimum Gasteiger partial charge on any atom is -0.335 e. The lowest BCUT2D eigenvalue weighted by Crippen LogP contribution is -2.38. The van der Waals surface area contributed by atoms with Crippen molar-refractivity contribution in [2.75, 3.05) is 11.4 Å². The second kappa shape index (κ2) is 9.25. The summed E-state index contributed by atoms with van der Waals surface area (Å²) in [5.41, 5.74) is 8.95. The molecule has 2 aromatic heterocycles. The van der Waals surface area contributed by atoms with E-state index in [1.807, 2.05) is 34.4 Å². The maximum absolute atomic E-state index is 2.59. The predicted molar refractivity (Wildman–Crippen MR) is 165 cm³/mol. The third-order valence-corrected chi connectivity index (χ3v) is 11.7. The number of thiophene rings is 1. The van der Waals surface area contributed by atoms with Crippen LogP contribution >= 0.6 is 34.4 Å². The van der Waals surface area contributed by atoms with Crippen LogP contribution in [0.25, 0.3) is 26.4 Å². The summed E-state index contributed by atoms with van der Waals surface area (Å²) < 4.78 is 5.41. The Labute approximate surface area is 236 Å². The number of fused-ring (bicyclic) bond motifs is 4. The molecule has 0 saturated carbocycles. The van der Waals surface area contributed by atoms with Gasteiger partial charge in [0.1, 0.15) is 4.70 Å². The highest BCUT2D eigenvalue weighted by atomic mass is 32.2. The first-order valence-corrected chi connectivity index (χ1v) is 16.5. The van der Waals surface area contributed by atoms with Crippen LogP contribution < -0.4 is 9.47 Å². The second-order valence-corrected chi connectivity index (χ2v) is 14.0. The molecule has 0 bridgehead atoms. The van der Waals surface area contributed by atoms with E-state index in [2.05, 4.69) is 82.5 Å². The Morgan fingerprint density at radius 1 is 1.00 bits per heavy atom. The third-order valence-electron chi connectivity index (χ3n) is 8.65. The van der Waals surface area contributed by atoms with Gasteiger partial charge in [-0.3, -0.25) is 0 Å². The third kappa shape index (κ3) is 3.77. The van der Waals surface area contributed by atoms with Crippen molar-refractivity contribution >= 4 is 66.5 Å². The molecule has 0 saturated heterocycles. The van der Waals surface area contributed by atoms with E-state index in [1.165, 1.54) is 96.2 Å². The highest BCUT2D eigenvalue weighted by Crippen LogP contribution is 2.51. The molecule has 1 atom stereocenters. The highest BCUT2D eigenvalue weighted by Gasteiger charge is 2.29. The van der Waals surface area contributed by atoms with Crippen molar-refractivity contribution in [1.82, 2.24) is 0 Å². The average molecular weight is 552 g/mol. The summed E-state index contributed by atoms with van der Waals surface area (Å²) in [7, 11) is 0. The molecule has 0 fully saturated rings. The van der Waals surface area contributed by atoms with Crippen molar-refractivity contribution in [3.8, 4) is 0 Å². The van der Waals surface area contributed by atoms with Crippen LogP contribution in [0.4, 0.5) is 5.69 Å². The minimum atomic E-state index is 0.718. The first-order chi connectivity index (χ1) is 18.7. The molecule has 190 valence electrons. The number of nitrogens with zero attached hydrogens (tertiary/aromatic N) is 2. The van der Waals surface area contributed by atoms with Gasteiger partial charge in [0, 0.05) is 39.6 Å². The molecule has 4 heterocycles. The number of rotatable bonds is 3. The van der Waals surface area contributed by atoms with Gasteiger partial charge < -0.3 is 4.90 Å². The quantitative estimate of drug-likeness (QED) is 0.234. The number of para-hydroxylation sites is 1. The van der Waals surface area contributed by atoms with E-state index in [1.54, 1.807) is 5.57 Å². The van der Waals surface area contributed by atoms with Crippen LogP contribution in [0, 0.1) is 5.92 Å². The largest absolute Gasteiger partial charge is 0.335 e. The molecule has 2 aliphatic heterocycles. The Morgan fingerprint density at radius 3 is 2.89 bits per heavy atom. The summed E-state index contributed by atoms with van der Waals surface area (Å²) in [6, 6.07) is 13.8. The van der Waals surface area contributed by atoms with Gasteiger partial charge in [-0.05, 0) is 97.4 Å². The van der Waals surface area contributed by atoms with E-state index >= 15 is 0 Å². The molecule has 4 aliphatic rings. The van der Waals surface area contributed by atoms with Crippen molar-refractivity contribution in [3.63, 3.8) is 0 Å². The van der Waals surface area contributed by atoms with Crippen LogP contribution in [0.2, 0.25) is 0 Å². The van der Waals surface area contributed by atoms with Crippen LogP contribution in [-0.4, -0.2) is 6.54 Å². The molecule has 38 heavy (non-hydrogen) atoms. The fraction of sp³-hybridized carbons (Fsp3) is 0.303. The summed E-state index contributed by atoms with van der Waals surface area (Å²) >= 11 is 5.76. The van der Waals surface area contributed by atoms with Crippen LogP contribution in [0.5, 0.6) is 0 Å². The van der Waals surface area contributed by atoms with Crippen LogP contribution in [0.3, 0.4) is 0 Å². The van der Waals surface area contributed by atoms with Crippen LogP contribution in [0.1, 0.15) is 49.6 Å². The molecular weight excluding hydrogens is 521 g/mol. The van der Waals surface area contributed by atoms with Crippen LogP contribution in [0.15, 0.2) is 86.7 Å². The Balaban J connectivity index is 1.13. The number of anilines is 1. The zero-order valence-corrected chi connectivity index (χ0v) is 24.2. The second-order valence-electron chi connectivity index (χ2n) is 10.9. The fourth-order valence-electron chi connectivity index (χ4n) is 6.82. The van der Waals surface area contributed by atoms with Gasteiger partial charge >= 0.3 is 0 Å². The Bertz CT molecular complexity index is 1730. The monoisotopic (exact) mass is 551 g/mol. The molecule has 0 spiro atoms. The predicted octanol–water partition coefficient (Wildman–Crippen LogP) is 9.26. The van der Waals surface area contributed by atoms with Crippen molar-refractivity contribution in [2.45, 2.75) is 56.9 Å². The number of aryl methyl sites for hydroxylation is 2. The molecule has 0 amide bonds. The van der Waals surface area contributed by atoms with Gasteiger partial charge in [0.05, 0.1) is 10.7 Å². The van der Waals surface area contributed by atoms with Gasteiger partial charge in [-0.2, -0.15) is 4.57 Å². The number of thioether (sulfide) groups is 1. The number of hydrogen-bond acceptors (Lipinski definition) is 4. The topological polar surface area (TPSA) is 7.12 Å². The Morgan fingerprint density at radius 2 is 1.95 bits per heavy atom. The standard InChI is InChI=1S/C33H31N2S3/c1-2-34-30(38-29-13-12-27-26(33(29)34)14-16-36-27)19-21-8-10-23-11-9-22(18-25(23)17-21)20-31-35-15-4-6-24-5-3-7-28(37-31)32(24)35/h3,5,7,12-14,16-20,23H,2,4,6,8-11,15H2,1H3/q+1. The number of hydrogen-bond donors (Lipinski definition) is 0. The lowest BCUT2D eigenvalue weighted by Gasteiger charge is -2.28. The van der Waals surface area contributed by atoms with E-state index in [4.69, 9.17) is 0 Å². The van der Waals surface area contributed by atoms with Gasteiger partial charge in [0.2, 0.25) is 5.52 Å². The van der Waals surface area contributed by atoms with Gasteiger partial charge in [-0.1, -0.05) is 47.4 Å². The average Bonchev–Trinajstić information content (AvgIpc) is 3.65. The van der Waals surface area contributed by atoms with Gasteiger partial charge in [0.15, 0.2) is 6.54 Å². The number of allylic oxidation sites excluding steroid dienone is 6. The summed E-state index contributed by atoms with van der Waals surface area (Å²) in [5.74, 6) is 0.718.